The normalized spacial score (nSPS) is 20.4. The maximum absolute atomic E-state index is 12.3. The van der Waals surface area contributed by atoms with E-state index in [4.69, 9.17) is 9.90 Å². The Morgan fingerprint density at radius 3 is 2.44 bits per heavy atom. The van der Waals surface area contributed by atoms with E-state index in [1.165, 1.54) is 5.56 Å². The second-order valence-corrected chi connectivity index (χ2v) is 7.14. The van der Waals surface area contributed by atoms with Gasteiger partial charge in [-0.25, -0.2) is 4.79 Å². The quantitative estimate of drug-likeness (QED) is 0.615. The Balaban J connectivity index is 0.000000817. The molecule has 0 saturated carbocycles. The van der Waals surface area contributed by atoms with Gasteiger partial charge in [0.1, 0.15) is 0 Å². The fourth-order valence-electron chi connectivity index (χ4n) is 3.66. The predicted octanol–water partition coefficient (Wildman–Crippen LogP) is 2.61. The summed E-state index contributed by atoms with van der Waals surface area (Å²) in [6, 6.07) is 11.1. The molecule has 0 spiro atoms. The Morgan fingerprint density at radius 1 is 1.19 bits per heavy atom. The van der Waals surface area contributed by atoms with E-state index in [9.17, 15) is 4.79 Å². The van der Waals surface area contributed by atoms with Crippen molar-refractivity contribution in [2.24, 2.45) is 5.92 Å². The van der Waals surface area contributed by atoms with E-state index in [2.05, 4.69) is 47.1 Å². The number of rotatable bonds is 5. The van der Waals surface area contributed by atoms with Crippen LogP contribution in [-0.4, -0.2) is 66.2 Å². The lowest BCUT2D eigenvalue weighted by atomic mass is 10.0. The average Bonchev–Trinajstić information content (AvgIpc) is 3.18. The van der Waals surface area contributed by atoms with Crippen molar-refractivity contribution in [2.75, 3.05) is 32.7 Å². The molecule has 6 heteroatoms. The molecule has 2 heterocycles. The van der Waals surface area contributed by atoms with Crippen LogP contribution in [0.2, 0.25) is 0 Å². The number of amides is 2. The summed E-state index contributed by atoms with van der Waals surface area (Å²) < 4.78 is 0. The molecule has 2 N–H and O–H groups in total. The highest BCUT2D eigenvalue weighted by Gasteiger charge is 2.27. The van der Waals surface area contributed by atoms with Crippen LogP contribution in [0.15, 0.2) is 43.0 Å². The number of nitrogens with zero attached hydrogens (tertiary/aromatic N) is 2. The van der Waals surface area contributed by atoms with Gasteiger partial charge in [0.25, 0.3) is 6.47 Å². The Labute approximate surface area is 161 Å². The zero-order chi connectivity index (χ0) is 19.5. The Kier molecular flexibility index (Phi) is 8.84. The van der Waals surface area contributed by atoms with Crippen LogP contribution in [0.3, 0.4) is 0 Å². The van der Waals surface area contributed by atoms with Crippen molar-refractivity contribution in [3.63, 3.8) is 0 Å². The highest BCUT2D eigenvalue weighted by Crippen LogP contribution is 2.18. The first kappa shape index (κ1) is 21.0. The van der Waals surface area contributed by atoms with Gasteiger partial charge in [-0.2, -0.15) is 0 Å². The third-order valence-electron chi connectivity index (χ3n) is 5.32. The molecule has 2 aliphatic rings. The van der Waals surface area contributed by atoms with E-state index in [0.29, 0.717) is 12.0 Å². The zero-order valence-electron chi connectivity index (χ0n) is 15.9. The molecule has 0 aromatic heterocycles. The van der Waals surface area contributed by atoms with Gasteiger partial charge < -0.3 is 20.2 Å². The summed E-state index contributed by atoms with van der Waals surface area (Å²) in [7, 11) is 0. The molecule has 1 unspecified atom stereocenters. The lowest BCUT2D eigenvalue weighted by Crippen LogP contribution is -2.49. The van der Waals surface area contributed by atoms with E-state index >= 15 is 0 Å². The van der Waals surface area contributed by atoms with Gasteiger partial charge in [0.05, 0.1) is 0 Å². The number of benzene rings is 1. The number of likely N-dealkylation sites (tertiary alicyclic amines) is 2. The third-order valence-corrected chi connectivity index (χ3v) is 5.32. The van der Waals surface area contributed by atoms with Gasteiger partial charge in [-0.1, -0.05) is 36.4 Å². The fraction of sp³-hybridized carbons (Fsp3) is 0.524. The van der Waals surface area contributed by atoms with Gasteiger partial charge in [0.2, 0.25) is 0 Å². The maximum Gasteiger partial charge on any atom is 0.317 e. The second kappa shape index (κ2) is 11.4. The molecule has 27 heavy (non-hydrogen) atoms. The molecule has 3 rings (SSSR count). The highest BCUT2D eigenvalue weighted by atomic mass is 16.3. The van der Waals surface area contributed by atoms with Crippen molar-refractivity contribution in [3.05, 3.63) is 48.6 Å². The Hall–Kier alpha value is -2.34. The van der Waals surface area contributed by atoms with Gasteiger partial charge >= 0.3 is 6.03 Å². The Morgan fingerprint density at radius 2 is 1.85 bits per heavy atom. The number of nitrogens with one attached hydrogen (secondary N) is 1. The van der Waals surface area contributed by atoms with Crippen LogP contribution in [0.25, 0.3) is 0 Å². The minimum Gasteiger partial charge on any atom is -0.483 e. The highest BCUT2D eigenvalue weighted by molar-refractivity contribution is 5.74. The largest absolute Gasteiger partial charge is 0.483 e. The molecule has 0 radical (unpaired) electrons. The first-order valence-corrected chi connectivity index (χ1v) is 9.68. The van der Waals surface area contributed by atoms with Crippen LogP contribution in [0.1, 0.15) is 24.8 Å². The second-order valence-electron chi connectivity index (χ2n) is 7.14. The third kappa shape index (κ3) is 7.06. The molecule has 148 valence electrons. The number of carboxylic acid groups (broad SMARTS) is 1. The van der Waals surface area contributed by atoms with Gasteiger partial charge in [-0.3, -0.25) is 4.79 Å². The van der Waals surface area contributed by atoms with Crippen molar-refractivity contribution in [3.8, 4) is 0 Å². The van der Waals surface area contributed by atoms with Crippen LogP contribution in [-0.2, 0) is 11.2 Å². The summed E-state index contributed by atoms with van der Waals surface area (Å²) in [4.78, 5) is 25.1. The number of urea groups is 1. The van der Waals surface area contributed by atoms with Crippen molar-refractivity contribution in [2.45, 2.75) is 31.7 Å². The summed E-state index contributed by atoms with van der Waals surface area (Å²) in [5.41, 5.74) is 1.40. The summed E-state index contributed by atoms with van der Waals surface area (Å²) in [6.07, 6.45) is 6.24. The molecule has 1 aromatic rings. The SMILES string of the molecule is C=CC1CCN(C(=O)NC2CCN(CCc3ccccc3)CC2)C1.O=CO. The summed E-state index contributed by atoms with van der Waals surface area (Å²) in [5, 5.41) is 10.1. The maximum atomic E-state index is 12.3. The molecule has 0 aliphatic carbocycles. The lowest BCUT2D eigenvalue weighted by molar-refractivity contribution is -0.122. The summed E-state index contributed by atoms with van der Waals surface area (Å²) in [5.74, 6) is 0.468. The lowest BCUT2D eigenvalue weighted by Gasteiger charge is -2.33. The first-order valence-electron chi connectivity index (χ1n) is 9.68. The van der Waals surface area contributed by atoms with Crippen LogP contribution >= 0.6 is 0 Å². The predicted molar refractivity (Wildman–Crippen MR) is 107 cm³/mol. The Bertz CT molecular complexity index is 586. The van der Waals surface area contributed by atoms with E-state index in [0.717, 1.165) is 58.4 Å². The van der Waals surface area contributed by atoms with Crippen molar-refractivity contribution < 1.29 is 14.7 Å². The van der Waals surface area contributed by atoms with E-state index in [1.54, 1.807) is 0 Å². The standard InChI is InChI=1S/C20H29N3O.CH2O2/c1-2-17-9-15-23(16-17)20(24)21-19-10-13-22(14-11-19)12-8-18-6-4-3-5-7-18;2-1-3/h2-7,17,19H,1,8-16H2,(H,21,24);1H,(H,2,3). The fourth-order valence-corrected chi connectivity index (χ4v) is 3.66. The number of carbonyl (C=O) groups excluding carboxylic acids is 1. The average molecular weight is 373 g/mol. The molecule has 2 amide bonds. The van der Waals surface area contributed by atoms with Crippen molar-refractivity contribution in [1.29, 1.82) is 0 Å². The summed E-state index contributed by atoms with van der Waals surface area (Å²) in [6.45, 7) is 8.53. The van der Waals surface area contributed by atoms with Gasteiger partial charge in [0, 0.05) is 38.8 Å². The zero-order valence-corrected chi connectivity index (χ0v) is 15.9. The first-order chi connectivity index (χ1) is 13.2. The van der Waals surface area contributed by atoms with Gasteiger partial charge in [-0.05, 0) is 37.2 Å². The monoisotopic (exact) mass is 373 g/mol. The van der Waals surface area contributed by atoms with Crippen LogP contribution in [0.4, 0.5) is 4.79 Å². The number of piperidine rings is 1. The van der Waals surface area contributed by atoms with Gasteiger partial charge in [-0.15, -0.1) is 6.58 Å². The molecule has 0 bridgehead atoms. The van der Waals surface area contributed by atoms with Gasteiger partial charge in [0.15, 0.2) is 0 Å². The number of hydrogen-bond acceptors (Lipinski definition) is 3. The topological polar surface area (TPSA) is 72.9 Å². The van der Waals surface area contributed by atoms with Crippen LogP contribution in [0, 0.1) is 5.92 Å². The molecular formula is C21H31N3O3. The van der Waals surface area contributed by atoms with Crippen LogP contribution < -0.4 is 5.32 Å². The molecule has 2 saturated heterocycles. The molecule has 1 atom stereocenters. The smallest absolute Gasteiger partial charge is 0.317 e. The molecule has 2 fully saturated rings. The van der Waals surface area contributed by atoms with Crippen LogP contribution in [0.5, 0.6) is 0 Å². The van der Waals surface area contributed by atoms with E-state index in [1.807, 2.05) is 11.0 Å². The minimum absolute atomic E-state index is 0.113. The van der Waals surface area contributed by atoms with E-state index in [-0.39, 0.29) is 12.5 Å². The van der Waals surface area contributed by atoms with Crippen molar-refractivity contribution in [1.82, 2.24) is 15.1 Å². The minimum atomic E-state index is -0.250. The van der Waals surface area contributed by atoms with E-state index < -0.39 is 0 Å². The summed E-state index contributed by atoms with van der Waals surface area (Å²) >= 11 is 0. The number of hydrogen-bond donors (Lipinski definition) is 2. The molecule has 6 nitrogen and oxygen atoms in total. The molecule has 2 aliphatic heterocycles. The number of carbonyl (C=O) groups is 2. The molecule has 1 aromatic carbocycles. The van der Waals surface area contributed by atoms with Crippen molar-refractivity contribution >= 4 is 12.5 Å². The molecular weight excluding hydrogens is 342 g/mol.